The molecule has 2 N–H and O–H groups in total. The molecule has 0 amide bonds. The van der Waals surface area contributed by atoms with Crippen LogP contribution in [0.5, 0.6) is 0 Å². The Balaban J connectivity index is 3.94. The minimum Gasteiger partial charge on any atom is -0.398 e. The lowest BCUT2D eigenvalue weighted by atomic mass is 10.3. The molecule has 0 saturated carbocycles. The Hall–Kier alpha value is 0.0969. The molecule has 0 atom stereocenters. The second kappa shape index (κ2) is 8.41. The average Bonchev–Trinajstić information content (AvgIpc) is 2.24. The molecule has 0 spiro atoms. The molecule has 4 heteroatoms. The van der Waals surface area contributed by atoms with Crippen LogP contribution in [-0.2, 0) is 8.85 Å². The van der Waals surface area contributed by atoms with E-state index in [1.807, 2.05) is 0 Å². The molecule has 86 valence electrons. The van der Waals surface area contributed by atoms with E-state index in [1.165, 1.54) is 19.3 Å². The van der Waals surface area contributed by atoms with Crippen molar-refractivity contribution in [3.63, 3.8) is 0 Å². The van der Waals surface area contributed by atoms with Crippen LogP contribution < -0.4 is 5.73 Å². The molecule has 0 saturated heterocycles. The molecule has 0 fully saturated rings. The van der Waals surface area contributed by atoms with Gasteiger partial charge in [0.1, 0.15) is 0 Å². The molecular formula is C10H25NO2Si. The molecule has 0 rings (SSSR count). The topological polar surface area (TPSA) is 44.5 Å². The number of nitrogens with two attached hydrogens (primary N) is 1. The van der Waals surface area contributed by atoms with Gasteiger partial charge < -0.3 is 14.6 Å². The van der Waals surface area contributed by atoms with Crippen LogP contribution in [-0.4, -0.2) is 29.3 Å². The number of hydrogen-bond acceptors (Lipinski definition) is 3. The molecule has 3 nitrogen and oxygen atoms in total. The minimum absolute atomic E-state index is 0.731. The Morgan fingerprint density at radius 1 is 1.00 bits per heavy atom. The molecule has 14 heavy (non-hydrogen) atoms. The highest BCUT2D eigenvalue weighted by Gasteiger charge is 2.33. The first-order chi connectivity index (χ1) is 6.74. The third-order valence-corrected chi connectivity index (χ3v) is 6.39. The van der Waals surface area contributed by atoms with Gasteiger partial charge in [0.2, 0.25) is 0 Å². The van der Waals surface area contributed by atoms with Crippen molar-refractivity contribution >= 4 is 8.56 Å². The Morgan fingerprint density at radius 2 is 1.57 bits per heavy atom. The Bertz CT molecular complexity index is 129. The number of unbranched alkanes of at least 4 members (excludes halogenated alkanes) is 2. The van der Waals surface area contributed by atoms with E-state index in [4.69, 9.17) is 14.6 Å². The van der Waals surface area contributed by atoms with Crippen LogP contribution in [0, 0.1) is 0 Å². The van der Waals surface area contributed by atoms with Crippen molar-refractivity contribution in [3.05, 3.63) is 0 Å². The molecular weight excluding hydrogens is 194 g/mol. The van der Waals surface area contributed by atoms with E-state index in [0.29, 0.717) is 0 Å². The summed E-state index contributed by atoms with van der Waals surface area (Å²) in [5.41, 5.74) is 5.51. The quantitative estimate of drug-likeness (QED) is 0.478. The SMILES string of the molecule is CCCCC[Si](CCCN)(OC)OC. The molecule has 0 aliphatic carbocycles. The third kappa shape index (κ3) is 5.10. The highest BCUT2D eigenvalue weighted by molar-refractivity contribution is 6.67. The van der Waals surface area contributed by atoms with Crippen molar-refractivity contribution < 1.29 is 8.85 Å². The Kier molecular flexibility index (Phi) is 8.47. The van der Waals surface area contributed by atoms with E-state index >= 15 is 0 Å². The third-order valence-electron chi connectivity index (χ3n) is 2.67. The van der Waals surface area contributed by atoms with Gasteiger partial charge in [-0.1, -0.05) is 26.2 Å². The van der Waals surface area contributed by atoms with Gasteiger partial charge in [-0.15, -0.1) is 0 Å². The standard InChI is InChI=1S/C10H25NO2Si/c1-4-5-6-9-14(12-2,13-3)10-7-8-11/h4-11H2,1-3H3. The maximum absolute atomic E-state index is 5.60. The largest absolute Gasteiger partial charge is 0.398 e. The van der Waals surface area contributed by atoms with Crippen LogP contribution in [0.4, 0.5) is 0 Å². The summed E-state index contributed by atoms with van der Waals surface area (Å²) in [6.07, 6.45) is 4.74. The smallest absolute Gasteiger partial charge is 0.337 e. The summed E-state index contributed by atoms with van der Waals surface area (Å²) in [5.74, 6) is 0. The van der Waals surface area contributed by atoms with E-state index in [9.17, 15) is 0 Å². The summed E-state index contributed by atoms with van der Waals surface area (Å²) in [6, 6.07) is 2.13. The predicted molar refractivity (Wildman–Crippen MR) is 62.6 cm³/mol. The Morgan fingerprint density at radius 3 is 2.00 bits per heavy atom. The molecule has 0 aromatic heterocycles. The minimum atomic E-state index is -1.88. The van der Waals surface area contributed by atoms with E-state index in [0.717, 1.165) is 25.1 Å². The van der Waals surface area contributed by atoms with Crippen molar-refractivity contribution in [3.8, 4) is 0 Å². The van der Waals surface area contributed by atoms with Crippen molar-refractivity contribution in [2.24, 2.45) is 5.73 Å². The maximum Gasteiger partial charge on any atom is 0.337 e. The van der Waals surface area contributed by atoms with Crippen LogP contribution in [0.25, 0.3) is 0 Å². The lowest BCUT2D eigenvalue weighted by Crippen LogP contribution is -2.40. The summed E-state index contributed by atoms with van der Waals surface area (Å²) < 4.78 is 11.2. The van der Waals surface area contributed by atoms with Gasteiger partial charge in [0.15, 0.2) is 0 Å². The van der Waals surface area contributed by atoms with Gasteiger partial charge in [-0.3, -0.25) is 0 Å². The zero-order chi connectivity index (χ0) is 10.9. The predicted octanol–water partition coefficient (Wildman–Crippen LogP) is 2.26. The zero-order valence-electron chi connectivity index (χ0n) is 9.84. The second-order valence-corrected chi connectivity index (χ2v) is 7.31. The van der Waals surface area contributed by atoms with E-state index < -0.39 is 8.56 Å². The molecule has 0 radical (unpaired) electrons. The zero-order valence-corrected chi connectivity index (χ0v) is 10.8. The van der Waals surface area contributed by atoms with Crippen LogP contribution >= 0.6 is 0 Å². The van der Waals surface area contributed by atoms with Crippen LogP contribution in [0.1, 0.15) is 32.6 Å². The molecule has 0 unspecified atom stereocenters. The van der Waals surface area contributed by atoms with E-state index in [1.54, 1.807) is 14.2 Å². The number of rotatable bonds is 9. The van der Waals surface area contributed by atoms with Gasteiger partial charge in [0.25, 0.3) is 0 Å². The Labute approximate surface area is 89.2 Å². The average molecular weight is 219 g/mol. The van der Waals surface area contributed by atoms with Crippen molar-refractivity contribution in [2.75, 3.05) is 20.8 Å². The fourth-order valence-corrected chi connectivity index (χ4v) is 4.40. The van der Waals surface area contributed by atoms with Gasteiger partial charge >= 0.3 is 8.56 Å². The van der Waals surface area contributed by atoms with Gasteiger partial charge in [-0.05, 0) is 25.1 Å². The highest BCUT2D eigenvalue weighted by Crippen LogP contribution is 2.22. The molecule has 0 aliphatic rings. The van der Waals surface area contributed by atoms with Crippen molar-refractivity contribution in [1.82, 2.24) is 0 Å². The van der Waals surface area contributed by atoms with Gasteiger partial charge in [0, 0.05) is 14.2 Å². The molecule has 0 aromatic carbocycles. The molecule has 0 aromatic rings. The fraction of sp³-hybridized carbons (Fsp3) is 1.00. The molecule has 0 aliphatic heterocycles. The highest BCUT2D eigenvalue weighted by atomic mass is 28.4. The monoisotopic (exact) mass is 219 g/mol. The van der Waals surface area contributed by atoms with Crippen molar-refractivity contribution in [1.29, 1.82) is 0 Å². The first-order valence-electron chi connectivity index (χ1n) is 5.55. The van der Waals surface area contributed by atoms with Gasteiger partial charge in [0.05, 0.1) is 0 Å². The van der Waals surface area contributed by atoms with Crippen molar-refractivity contribution in [2.45, 2.75) is 44.7 Å². The lowest BCUT2D eigenvalue weighted by molar-refractivity contribution is 0.239. The summed E-state index contributed by atoms with van der Waals surface area (Å²) in [6.45, 7) is 2.94. The van der Waals surface area contributed by atoms with E-state index in [2.05, 4.69) is 6.92 Å². The van der Waals surface area contributed by atoms with Gasteiger partial charge in [-0.2, -0.15) is 0 Å². The lowest BCUT2D eigenvalue weighted by Gasteiger charge is -2.27. The first kappa shape index (κ1) is 14.1. The number of hydrogen-bond donors (Lipinski definition) is 1. The normalized spacial score (nSPS) is 12.0. The van der Waals surface area contributed by atoms with E-state index in [-0.39, 0.29) is 0 Å². The fourth-order valence-electron chi connectivity index (χ4n) is 1.63. The first-order valence-corrected chi connectivity index (χ1v) is 7.78. The molecule has 0 bridgehead atoms. The van der Waals surface area contributed by atoms with Crippen LogP contribution in [0.3, 0.4) is 0 Å². The van der Waals surface area contributed by atoms with Crippen LogP contribution in [0.15, 0.2) is 0 Å². The van der Waals surface area contributed by atoms with Gasteiger partial charge in [-0.25, -0.2) is 0 Å². The summed E-state index contributed by atoms with van der Waals surface area (Å²) in [4.78, 5) is 0. The summed E-state index contributed by atoms with van der Waals surface area (Å²) in [5, 5.41) is 0. The second-order valence-electron chi connectivity index (χ2n) is 3.67. The summed E-state index contributed by atoms with van der Waals surface area (Å²) in [7, 11) is 1.67. The maximum atomic E-state index is 5.60. The molecule has 0 heterocycles. The summed E-state index contributed by atoms with van der Waals surface area (Å²) >= 11 is 0. The van der Waals surface area contributed by atoms with Crippen LogP contribution in [0.2, 0.25) is 12.1 Å².